The Morgan fingerprint density at radius 3 is 2.70 bits per heavy atom. The number of aromatic nitrogens is 3. The highest BCUT2D eigenvalue weighted by molar-refractivity contribution is 7.99. The Hall–Kier alpha value is -2.80. The second-order valence-electron chi connectivity index (χ2n) is 6.23. The van der Waals surface area contributed by atoms with Gasteiger partial charge in [-0.25, -0.2) is 0 Å². The van der Waals surface area contributed by atoms with E-state index >= 15 is 0 Å². The van der Waals surface area contributed by atoms with Crippen molar-refractivity contribution in [3.63, 3.8) is 0 Å². The van der Waals surface area contributed by atoms with Crippen LogP contribution in [0, 0.1) is 0 Å². The molecule has 1 N–H and O–H groups in total. The number of para-hydroxylation sites is 3. The Kier molecular flexibility index (Phi) is 6.13. The largest absolute Gasteiger partial charge is 0.495 e. The van der Waals surface area contributed by atoms with E-state index in [1.165, 1.54) is 11.8 Å². The maximum atomic E-state index is 12.4. The first kappa shape index (κ1) is 19.0. The van der Waals surface area contributed by atoms with Crippen molar-refractivity contribution >= 4 is 23.4 Å². The summed E-state index contributed by atoms with van der Waals surface area (Å²) in [5, 5.41) is 11.7. The Balaban J connectivity index is 1.70. The van der Waals surface area contributed by atoms with Gasteiger partial charge in [-0.3, -0.25) is 9.36 Å². The van der Waals surface area contributed by atoms with Gasteiger partial charge in [0.1, 0.15) is 12.1 Å². The van der Waals surface area contributed by atoms with Gasteiger partial charge in [0.2, 0.25) is 5.91 Å². The molecule has 0 unspecified atom stereocenters. The topological polar surface area (TPSA) is 69.0 Å². The maximum absolute atomic E-state index is 12.4. The molecule has 0 saturated carbocycles. The normalized spacial score (nSPS) is 10.8. The van der Waals surface area contributed by atoms with Gasteiger partial charge in [0.15, 0.2) is 5.16 Å². The summed E-state index contributed by atoms with van der Waals surface area (Å²) in [7, 11) is 1.62. The maximum Gasteiger partial charge on any atom is 0.234 e. The fourth-order valence-corrected chi connectivity index (χ4v) is 3.47. The van der Waals surface area contributed by atoms with Crippen LogP contribution in [0.2, 0.25) is 0 Å². The first-order valence-corrected chi connectivity index (χ1v) is 9.63. The summed E-state index contributed by atoms with van der Waals surface area (Å²) in [5.74, 6) is 1.21. The van der Waals surface area contributed by atoms with Crippen molar-refractivity contribution in [3.05, 3.63) is 60.4 Å². The molecule has 0 radical (unpaired) electrons. The lowest BCUT2D eigenvalue weighted by molar-refractivity contribution is -0.113. The fraction of sp³-hybridized carbons (Fsp3) is 0.250. The minimum absolute atomic E-state index is 0.0809. The van der Waals surface area contributed by atoms with E-state index in [-0.39, 0.29) is 11.7 Å². The molecule has 3 aromatic rings. The molecule has 7 heteroatoms. The van der Waals surface area contributed by atoms with Gasteiger partial charge in [-0.15, -0.1) is 10.2 Å². The molecular formula is C20H22N4O2S. The molecule has 0 spiro atoms. The van der Waals surface area contributed by atoms with E-state index in [1.54, 1.807) is 13.4 Å². The number of anilines is 1. The van der Waals surface area contributed by atoms with Crippen molar-refractivity contribution in [1.82, 2.24) is 14.8 Å². The summed E-state index contributed by atoms with van der Waals surface area (Å²) >= 11 is 1.33. The standard InChI is InChI=1S/C20H22N4O2S/c1-14(2)15-8-4-5-9-16(15)22-19(25)12-27-20-23-21-13-24(20)17-10-6-7-11-18(17)26-3/h4-11,13-14H,12H2,1-3H3,(H,22,25). The lowest BCUT2D eigenvalue weighted by Gasteiger charge is -2.13. The van der Waals surface area contributed by atoms with Crippen molar-refractivity contribution < 1.29 is 9.53 Å². The van der Waals surface area contributed by atoms with Gasteiger partial charge in [-0.1, -0.05) is 55.9 Å². The molecule has 0 saturated heterocycles. The number of hydrogen-bond acceptors (Lipinski definition) is 5. The van der Waals surface area contributed by atoms with E-state index in [9.17, 15) is 4.79 Å². The van der Waals surface area contributed by atoms with Crippen LogP contribution in [0.5, 0.6) is 5.75 Å². The first-order valence-electron chi connectivity index (χ1n) is 8.65. The third-order valence-corrected chi connectivity index (χ3v) is 4.99. The highest BCUT2D eigenvalue weighted by Gasteiger charge is 2.14. The molecular weight excluding hydrogens is 360 g/mol. The summed E-state index contributed by atoms with van der Waals surface area (Å²) in [6.07, 6.45) is 1.62. The van der Waals surface area contributed by atoms with E-state index in [1.807, 2.05) is 53.1 Å². The predicted octanol–water partition coefficient (Wildman–Crippen LogP) is 4.13. The molecule has 1 amide bonds. The molecule has 27 heavy (non-hydrogen) atoms. The number of hydrogen-bond donors (Lipinski definition) is 1. The van der Waals surface area contributed by atoms with Crippen LogP contribution in [-0.2, 0) is 4.79 Å². The highest BCUT2D eigenvalue weighted by atomic mass is 32.2. The molecule has 0 aliphatic carbocycles. The van der Waals surface area contributed by atoms with Crippen LogP contribution in [0.3, 0.4) is 0 Å². The molecule has 2 aromatic carbocycles. The zero-order valence-corrected chi connectivity index (χ0v) is 16.4. The van der Waals surface area contributed by atoms with Crippen molar-refractivity contribution in [2.45, 2.75) is 24.9 Å². The van der Waals surface area contributed by atoms with Gasteiger partial charge in [-0.2, -0.15) is 0 Å². The number of nitrogens with zero attached hydrogens (tertiary/aromatic N) is 3. The predicted molar refractivity (Wildman–Crippen MR) is 108 cm³/mol. The van der Waals surface area contributed by atoms with Gasteiger partial charge >= 0.3 is 0 Å². The van der Waals surface area contributed by atoms with Crippen molar-refractivity contribution in [2.75, 3.05) is 18.2 Å². The summed E-state index contributed by atoms with van der Waals surface area (Å²) in [4.78, 5) is 12.4. The Morgan fingerprint density at radius 2 is 1.93 bits per heavy atom. The van der Waals surface area contributed by atoms with E-state index in [0.717, 1.165) is 22.7 Å². The zero-order valence-electron chi connectivity index (χ0n) is 15.5. The zero-order chi connectivity index (χ0) is 19.2. The molecule has 6 nitrogen and oxygen atoms in total. The molecule has 3 rings (SSSR count). The van der Waals surface area contributed by atoms with E-state index in [2.05, 4.69) is 29.4 Å². The van der Waals surface area contributed by atoms with E-state index < -0.39 is 0 Å². The Morgan fingerprint density at radius 1 is 1.19 bits per heavy atom. The van der Waals surface area contributed by atoms with E-state index in [4.69, 9.17) is 4.74 Å². The third-order valence-electron chi connectivity index (χ3n) is 4.05. The summed E-state index contributed by atoms with van der Waals surface area (Å²) in [5.41, 5.74) is 2.80. The highest BCUT2D eigenvalue weighted by Crippen LogP contribution is 2.27. The van der Waals surface area contributed by atoms with Gasteiger partial charge in [0.05, 0.1) is 18.6 Å². The number of benzene rings is 2. The molecule has 0 atom stereocenters. The van der Waals surface area contributed by atoms with Gasteiger partial charge in [0.25, 0.3) is 0 Å². The van der Waals surface area contributed by atoms with Crippen molar-refractivity contribution in [3.8, 4) is 11.4 Å². The number of carbonyl (C=O) groups is 1. The van der Waals surface area contributed by atoms with Crippen LogP contribution in [0.1, 0.15) is 25.3 Å². The van der Waals surface area contributed by atoms with Gasteiger partial charge in [-0.05, 0) is 29.7 Å². The van der Waals surface area contributed by atoms with Crippen LogP contribution in [-0.4, -0.2) is 33.5 Å². The molecule has 0 aliphatic rings. The number of amides is 1. The number of carbonyl (C=O) groups excluding carboxylic acids is 1. The molecule has 1 heterocycles. The number of rotatable bonds is 7. The SMILES string of the molecule is COc1ccccc1-n1cnnc1SCC(=O)Nc1ccccc1C(C)C. The monoisotopic (exact) mass is 382 g/mol. The smallest absolute Gasteiger partial charge is 0.234 e. The second kappa shape index (κ2) is 8.73. The average molecular weight is 382 g/mol. The first-order chi connectivity index (χ1) is 13.1. The number of thioether (sulfide) groups is 1. The lowest BCUT2D eigenvalue weighted by atomic mass is 10.0. The van der Waals surface area contributed by atoms with Gasteiger partial charge in [0, 0.05) is 5.69 Å². The molecule has 0 aliphatic heterocycles. The summed E-state index contributed by atoms with van der Waals surface area (Å²) in [6.45, 7) is 4.21. The Bertz CT molecular complexity index is 924. The van der Waals surface area contributed by atoms with Crippen LogP contribution in [0.15, 0.2) is 60.0 Å². The minimum Gasteiger partial charge on any atom is -0.495 e. The molecule has 1 aromatic heterocycles. The third kappa shape index (κ3) is 4.49. The quantitative estimate of drug-likeness (QED) is 0.622. The Labute approximate surface area is 163 Å². The minimum atomic E-state index is -0.0809. The molecule has 0 fully saturated rings. The number of nitrogens with one attached hydrogen (secondary N) is 1. The van der Waals surface area contributed by atoms with Crippen LogP contribution >= 0.6 is 11.8 Å². The summed E-state index contributed by atoms with van der Waals surface area (Å²) in [6, 6.07) is 15.5. The van der Waals surface area contributed by atoms with Crippen LogP contribution < -0.4 is 10.1 Å². The summed E-state index contributed by atoms with van der Waals surface area (Å²) < 4.78 is 7.22. The number of ether oxygens (including phenoxy) is 1. The van der Waals surface area contributed by atoms with Crippen molar-refractivity contribution in [1.29, 1.82) is 0 Å². The molecule has 0 bridgehead atoms. The van der Waals surface area contributed by atoms with Crippen LogP contribution in [0.4, 0.5) is 5.69 Å². The van der Waals surface area contributed by atoms with E-state index in [0.29, 0.717) is 11.1 Å². The number of methoxy groups -OCH3 is 1. The fourth-order valence-electron chi connectivity index (χ4n) is 2.75. The lowest BCUT2D eigenvalue weighted by Crippen LogP contribution is -2.16. The van der Waals surface area contributed by atoms with Gasteiger partial charge < -0.3 is 10.1 Å². The van der Waals surface area contributed by atoms with Crippen molar-refractivity contribution in [2.24, 2.45) is 0 Å². The molecule has 140 valence electrons. The average Bonchev–Trinajstić information content (AvgIpc) is 3.15. The second-order valence-corrected chi connectivity index (χ2v) is 7.18. The van der Waals surface area contributed by atoms with Crippen LogP contribution in [0.25, 0.3) is 5.69 Å².